The van der Waals surface area contributed by atoms with Crippen LogP contribution < -0.4 is 16.2 Å². The Hall–Kier alpha value is -1.98. The predicted molar refractivity (Wildman–Crippen MR) is 83.7 cm³/mol. The first-order valence-corrected chi connectivity index (χ1v) is 7.44. The number of amides is 1. The summed E-state index contributed by atoms with van der Waals surface area (Å²) in [6.45, 7) is 2.15. The number of aromatic nitrogens is 1. The molecule has 1 saturated heterocycles. The zero-order chi connectivity index (χ0) is 14.7. The molecule has 1 aromatic carbocycles. The fourth-order valence-corrected chi connectivity index (χ4v) is 2.68. The van der Waals surface area contributed by atoms with Crippen molar-refractivity contribution in [3.8, 4) is 0 Å². The summed E-state index contributed by atoms with van der Waals surface area (Å²) in [5, 5.41) is 3.95. The highest BCUT2D eigenvalue weighted by Gasteiger charge is 2.28. The third-order valence-electron chi connectivity index (χ3n) is 3.79. The molecule has 2 heterocycles. The molecule has 0 bridgehead atoms. The summed E-state index contributed by atoms with van der Waals surface area (Å²) in [6.07, 6.45) is 3.00. The van der Waals surface area contributed by atoms with Crippen LogP contribution in [0.1, 0.15) is 26.2 Å². The van der Waals surface area contributed by atoms with Gasteiger partial charge in [-0.3, -0.25) is 10.2 Å². The Morgan fingerprint density at radius 3 is 3.00 bits per heavy atom. The summed E-state index contributed by atoms with van der Waals surface area (Å²) in [4.78, 5) is 16.7. The van der Waals surface area contributed by atoms with Gasteiger partial charge in [-0.25, -0.2) is 10.4 Å². The minimum absolute atomic E-state index is 0.0381. The lowest BCUT2D eigenvalue weighted by Gasteiger charge is -2.10. The maximum atomic E-state index is 12.2. The number of pyridine rings is 1. The minimum Gasteiger partial charge on any atom is -0.309 e. The van der Waals surface area contributed by atoms with E-state index in [0.717, 1.165) is 30.2 Å². The molecule has 2 unspecified atom stereocenters. The van der Waals surface area contributed by atoms with Crippen molar-refractivity contribution in [2.45, 2.75) is 38.3 Å². The van der Waals surface area contributed by atoms with Crippen LogP contribution in [0.2, 0.25) is 0 Å². The van der Waals surface area contributed by atoms with E-state index in [-0.39, 0.29) is 11.9 Å². The number of carbonyl (C=O) groups excluding carboxylic acids is 1. The van der Waals surface area contributed by atoms with Gasteiger partial charge >= 0.3 is 0 Å². The van der Waals surface area contributed by atoms with Gasteiger partial charge in [0.2, 0.25) is 5.91 Å². The van der Waals surface area contributed by atoms with Gasteiger partial charge in [-0.1, -0.05) is 31.5 Å². The van der Waals surface area contributed by atoms with E-state index in [1.807, 2.05) is 36.4 Å². The zero-order valence-corrected chi connectivity index (χ0v) is 12.1. The summed E-state index contributed by atoms with van der Waals surface area (Å²) in [7, 11) is 0. The predicted octanol–water partition coefficient (Wildman–Crippen LogP) is 2.21. The van der Waals surface area contributed by atoms with Gasteiger partial charge in [0.15, 0.2) is 0 Å². The minimum atomic E-state index is -0.199. The lowest BCUT2D eigenvalue weighted by Crippen LogP contribution is -2.40. The van der Waals surface area contributed by atoms with Crippen LogP contribution in [0, 0.1) is 0 Å². The Labute approximate surface area is 124 Å². The van der Waals surface area contributed by atoms with Gasteiger partial charge in [-0.2, -0.15) is 0 Å². The van der Waals surface area contributed by atoms with Crippen molar-refractivity contribution in [3.63, 3.8) is 0 Å². The molecule has 0 saturated carbocycles. The average Bonchev–Trinajstić information content (AvgIpc) is 2.96. The second kappa shape index (κ2) is 6.20. The number of hydrogen-bond acceptors (Lipinski definition) is 4. The topological polar surface area (TPSA) is 66.0 Å². The van der Waals surface area contributed by atoms with Crippen molar-refractivity contribution in [2.75, 3.05) is 5.32 Å². The molecular weight excluding hydrogens is 264 g/mol. The van der Waals surface area contributed by atoms with E-state index in [2.05, 4.69) is 28.1 Å². The summed E-state index contributed by atoms with van der Waals surface area (Å²) in [5.41, 5.74) is 7.12. The number of fused-ring (bicyclic) bond motifs is 1. The number of benzene rings is 1. The molecule has 3 rings (SSSR count). The standard InChI is InChI=1S/C16H20N4O/c1-2-5-12-10-14(20-19-12)16(21)18-15-9-8-11-6-3-4-7-13(11)17-15/h3-4,6-9,12,14,19-20H,2,5,10H2,1H3,(H,17,18,21). The highest BCUT2D eigenvalue weighted by Crippen LogP contribution is 2.16. The third kappa shape index (κ3) is 3.20. The molecular formula is C16H20N4O. The van der Waals surface area contributed by atoms with Crippen molar-refractivity contribution < 1.29 is 4.79 Å². The molecule has 21 heavy (non-hydrogen) atoms. The monoisotopic (exact) mass is 284 g/mol. The first-order valence-electron chi connectivity index (χ1n) is 7.44. The van der Waals surface area contributed by atoms with Crippen LogP contribution in [0.25, 0.3) is 10.9 Å². The molecule has 0 aliphatic carbocycles. The number of hydrogen-bond donors (Lipinski definition) is 3. The SMILES string of the molecule is CCCC1CC(C(=O)Nc2ccc3ccccc3n2)NN1. The van der Waals surface area contributed by atoms with E-state index in [1.165, 1.54) is 0 Å². The number of hydrazine groups is 1. The first-order chi connectivity index (χ1) is 10.3. The van der Waals surface area contributed by atoms with Crippen molar-refractivity contribution in [2.24, 2.45) is 0 Å². The molecule has 110 valence electrons. The molecule has 3 N–H and O–H groups in total. The molecule has 1 fully saturated rings. The highest BCUT2D eigenvalue weighted by molar-refractivity contribution is 5.95. The smallest absolute Gasteiger partial charge is 0.244 e. The highest BCUT2D eigenvalue weighted by atomic mass is 16.2. The van der Waals surface area contributed by atoms with Gasteiger partial charge < -0.3 is 5.32 Å². The summed E-state index contributed by atoms with van der Waals surface area (Å²) >= 11 is 0. The lowest BCUT2D eigenvalue weighted by molar-refractivity contribution is -0.117. The molecule has 5 nitrogen and oxygen atoms in total. The number of carbonyl (C=O) groups is 1. The maximum Gasteiger partial charge on any atom is 0.244 e. The number of anilines is 1. The first kappa shape index (κ1) is 14.0. The zero-order valence-electron chi connectivity index (χ0n) is 12.1. The molecule has 2 atom stereocenters. The van der Waals surface area contributed by atoms with E-state index in [9.17, 15) is 4.79 Å². The van der Waals surface area contributed by atoms with Gasteiger partial charge in [0, 0.05) is 11.4 Å². The molecule has 1 aliphatic heterocycles. The van der Waals surface area contributed by atoms with E-state index >= 15 is 0 Å². The van der Waals surface area contributed by atoms with Gasteiger partial charge in [-0.15, -0.1) is 0 Å². The molecule has 1 aliphatic rings. The average molecular weight is 284 g/mol. The van der Waals surface area contributed by atoms with Crippen molar-refractivity contribution >= 4 is 22.6 Å². The van der Waals surface area contributed by atoms with Crippen LogP contribution in [0.3, 0.4) is 0 Å². The quantitative estimate of drug-likeness (QED) is 0.805. The van der Waals surface area contributed by atoms with E-state index < -0.39 is 0 Å². The summed E-state index contributed by atoms with van der Waals surface area (Å²) in [6, 6.07) is 11.8. The molecule has 2 aromatic rings. The Morgan fingerprint density at radius 2 is 2.14 bits per heavy atom. The van der Waals surface area contributed by atoms with Crippen molar-refractivity contribution in [3.05, 3.63) is 36.4 Å². The summed E-state index contributed by atoms with van der Waals surface area (Å²) < 4.78 is 0. The number of nitrogens with zero attached hydrogens (tertiary/aromatic N) is 1. The van der Waals surface area contributed by atoms with Crippen LogP contribution in [0.15, 0.2) is 36.4 Å². The Kier molecular flexibility index (Phi) is 4.13. The molecule has 0 radical (unpaired) electrons. The van der Waals surface area contributed by atoms with E-state index in [4.69, 9.17) is 0 Å². The fourth-order valence-electron chi connectivity index (χ4n) is 2.68. The van der Waals surface area contributed by atoms with Gasteiger partial charge in [0.1, 0.15) is 11.9 Å². The van der Waals surface area contributed by atoms with E-state index in [1.54, 1.807) is 0 Å². The third-order valence-corrected chi connectivity index (χ3v) is 3.79. The second-order valence-corrected chi connectivity index (χ2v) is 5.44. The van der Waals surface area contributed by atoms with Crippen LogP contribution in [-0.2, 0) is 4.79 Å². The lowest BCUT2D eigenvalue weighted by atomic mass is 10.1. The normalized spacial score (nSPS) is 21.6. The Balaban J connectivity index is 1.66. The van der Waals surface area contributed by atoms with Gasteiger partial charge in [-0.05, 0) is 31.0 Å². The molecule has 1 aromatic heterocycles. The Bertz CT molecular complexity index is 643. The van der Waals surface area contributed by atoms with Crippen LogP contribution in [0.4, 0.5) is 5.82 Å². The van der Waals surface area contributed by atoms with E-state index in [0.29, 0.717) is 11.9 Å². The largest absolute Gasteiger partial charge is 0.309 e. The summed E-state index contributed by atoms with van der Waals surface area (Å²) in [5.74, 6) is 0.559. The van der Waals surface area contributed by atoms with Crippen LogP contribution in [0.5, 0.6) is 0 Å². The number of nitrogens with one attached hydrogen (secondary N) is 3. The van der Waals surface area contributed by atoms with Gasteiger partial charge in [0.05, 0.1) is 5.52 Å². The Morgan fingerprint density at radius 1 is 1.29 bits per heavy atom. The van der Waals surface area contributed by atoms with Crippen LogP contribution in [-0.4, -0.2) is 23.0 Å². The van der Waals surface area contributed by atoms with Gasteiger partial charge in [0.25, 0.3) is 0 Å². The fraction of sp³-hybridized carbons (Fsp3) is 0.375. The molecule has 5 heteroatoms. The second-order valence-electron chi connectivity index (χ2n) is 5.44. The molecule has 0 spiro atoms. The molecule has 1 amide bonds. The maximum absolute atomic E-state index is 12.2. The number of para-hydroxylation sites is 1. The van der Waals surface area contributed by atoms with Crippen molar-refractivity contribution in [1.29, 1.82) is 0 Å². The van der Waals surface area contributed by atoms with Crippen molar-refractivity contribution in [1.82, 2.24) is 15.8 Å². The number of rotatable bonds is 4. The van der Waals surface area contributed by atoms with Crippen LogP contribution >= 0.6 is 0 Å².